The van der Waals surface area contributed by atoms with Crippen LogP contribution in [0, 0.1) is 0 Å². The van der Waals surface area contributed by atoms with E-state index in [2.05, 4.69) is 15.0 Å². The molecule has 1 aliphatic carbocycles. The fourth-order valence-corrected chi connectivity index (χ4v) is 2.04. The third-order valence-corrected chi connectivity index (χ3v) is 2.72. The maximum absolute atomic E-state index is 5.64. The zero-order chi connectivity index (χ0) is 10.7. The molecule has 82 valence electrons. The fourth-order valence-electron chi connectivity index (χ4n) is 1.69. The van der Waals surface area contributed by atoms with Gasteiger partial charge in [-0.3, -0.25) is 0 Å². The van der Waals surface area contributed by atoms with Gasteiger partial charge in [0, 0.05) is 0 Å². The Morgan fingerprint density at radius 2 is 1.53 bits per heavy atom. The van der Waals surface area contributed by atoms with Crippen LogP contribution in [0.3, 0.4) is 0 Å². The summed E-state index contributed by atoms with van der Waals surface area (Å²) in [5.74, 6) is 0. The number of nitrogens with zero attached hydrogens (tertiary/aromatic N) is 3. The summed E-state index contributed by atoms with van der Waals surface area (Å²) < 4.78 is 5.59. The molecule has 0 bridgehead atoms. The van der Waals surface area contributed by atoms with Crippen LogP contribution in [0.25, 0.3) is 0 Å². The minimum atomic E-state index is 0.0702. The van der Waals surface area contributed by atoms with Crippen LogP contribution in [-0.4, -0.2) is 21.1 Å². The van der Waals surface area contributed by atoms with E-state index in [0.29, 0.717) is 0 Å². The number of hydrogen-bond acceptors (Lipinski definition) is 4. The predicted molar refractivity (Wildman–Crippen MR) is 57.3 cm³/mol. The smallest absolute Gasteiger partial charge is 0.322 e. The largest absolute Gasteiger partial charge is 0.460 e. The van der Waals surface area contributed by atoms with Crippen molar-refractivity contribution in [1.29, 1.82) is 0 Å². The highest BCUT2D eigenvalue weighted by Crippen LogP contribution is 2.22. The van der Waals surface area contributed by atoms with Gasteiger partial charge in [0.05, 0.1) is 0 Å². The van der Waals surface area contributed by atoms with Gasteiger partial charge >= 0.3 is 6.01 Å². The van der Waals surface area contributed by atoms with Crippen molar-refractivity contribution in [2.75, 3.05) is 0 Å². The number of hydrogen-bond donors (Lipinski definition) is 0. The molecule has 0 N–H and O–H groups in total. The highest BCUT2D eigenvalue weighted by molar-refractivity contribution is 6.31. The number of halogens is 2. The Morgan fingerprint density at radius 3 is 2.13 bits per heavy atom. The van der Waals surface area contributed by atoms with E-state index in [9.17, 15) is 0 Å². The van der Waals surface area contributed by atoms with Crippen molar-refractivity contribution in [1.82, 2.24) is 15.0 Å². The standard InChI is InChI=1S/C9H11Cl2N3O/c10-7-12-8(11)14-9(13-7)15-6-4-2-1-3-5-6/h6H,1-5H2. The molecule has 0 radical (unpaired) electrons. The third-order valence-electron chi connectivity index (χ3n) is 2.38. The molecule has 15 heavy (non-hydrogen) atoms. The molecule has 1 heterocycles. The lowest BCUT2D eigenvalue weighted by atomic mass is 9.98. The average molecular weight is 248 g/mol. The Balaban J connectivity index is 2.02. The molecule has 0 aromatic carbocycles. The molecule has 1 aromatic heterocycles. The molecule has 0 aliphatic heterocycles. The third kappa shape index (κ3) is 3.18. The summed E-state index contributed by atoms with van der Waals surface area (Å²) in [6, 6.07) is 0.229. The molecular weight excluding hydrogens is 237 g/mol. The van der Waals surface area contributed by atoms with Gasteiger partial charge in [-0.15, -0.1) is 0 Å². The van der Waals surface area contributed by atoms with Gasteiger partial charge in [-0.1, -0.05) is 6.42 Å². The van der Waals surface area contributed by atoms with Crippen molar-refractivity contribution in [3.63, 3.8) is 0 Å². The molecule has 0 atom stereocenters. The molecule has 1 fully saturated rings. The van der Waals surface area contributed by atoms with E-state index in [-0.39, 0.29) is 22.7 Å². The van der Waals surface area contributed by atoms with Gasteiger partial charge in [-0.2, -0.15) is 15.0 Å². The molecule has 0 spiro atoms. The monoisotopic (exact) mass is 247 g/mol. The molecule has 1 aromatic rings. The van der Waals surface area contributed by atoms with Crippen molar-refractivity contribution < 1.29 is 4.74 Å². The van der Waals surface area contributed by atoms with Crippen LogP contribution in [0.15, 0.2) is 0 Å². The van der Waals surface area contributed by atoms with Crippen LogP contribution in [0.1, 0.15) is 32.1 Å². The summed E-state index contributed by atoms with van der Waals surface area (Å²) in [6.07, 6.45) is 5.93. The molecule has 1 aliphatic rings. The van der Waals surface area contributed by atoms with E-state index in [1.807, 2.05) is 0 Å². The zero-order valence-corrected chi connectivity index (χ0v) is 9.63. The number of ether oxygens (including phenoxy) is 1. The highest BCUT2D eigenvalue weighted by atomic mass is 35.5. The van der Waals surface area contributed by atoms with E-state index in [0.717, 1.165) is 12.8 Å². The highest BCUT2D eigenvalue weighted by Gasteiger charge is 2.16. The van der Waals surface area contributed by atoms with Crippen molar-refractivity contribution in [3.05, 3.63) is 10.6 Å². The first-order valence-corrected chi connectivity index (χ1v) is 5.73. The Bertz CT molecular complexity index is 322. The molecule has 4 nitrogen and oxygen atoms in total. The Morgan fingerprint density at radius 1 is 0.933 bits per heavy atom. The molecular formula is C9H11Cl2N3O. The van der Waals surface area contributed by atoms with E-state index < -0.39 is 0 Å². The summed E-state index contributed by atoms with van der Waals surface area (Å²) in [6.45, 7) is 0. The Hall–Kier alpha value is -0.610. The molecule has 6 heteroatoms. The van der Waals surface area contributed by atoms with Crippen LogP contribution in [0.4, 0.5) is 0 Å². The van der Waals surface area contributed by atoms with E-state index in [1.54, 1.807) is 0 Å². The SMILES string of the molecule is Clc1nc(Cl)nc(OC2CCCCC2)n1. The first-order chi connectivity index (χ1) is 7.24. The molecule has 2 rings (SSSR count). The van der Waals surface area contributed by atoms with Gasteiger partial charge in [0.25, 0.3) is 0 Å². The Kier molecular flexibility index (Phi) is 3.59. The van der Waals surface area contributed by atoms with Gasteiger partial charge < -0.3 is 4.74 Å². The van der Waals surface area contributed by atoms with Crippen molar-refractivity contribution >= 4 is 23.2 Å². The molecule has 0 saturated heterocycles. The van der Waals surface area contributed by atoms with Crippen molar-refractivity contribution in [2.24, 2.45) is 0 Å². The second-order valence-electron chi connectivity index (χ2n) is 3.53. The van der Waals surface area contributed by atoms with Crippen LogP contribution in [0.5, 0.6) is 6.01 Å². The first kappa shape index (κ1) is 10.9. The van der Waals surface area contributed by atoms with E-state index in [4.69, 9.17) is 27.9 Å². The fraction of sp³-hybridized carbons (Fsp3) is 0.667. The van der Waals surface area contributed by atoms with E-state index >= 15 is 0 Å². The zero-order valence-electron chi connectivity index (χ0n) is 8.12. The summed E-state index contributed by atoms with van der Waals surface area (Å²) in [7, 11) is 0. The van der Waals surface area contributed by atoms with E-state index in [1.165, 1.54) is 19.3 Å². The van der Waals surface area contributed by atoms with Crippen LogP contribution >= 0.6 is 23.2 Å². The average Bonchev–Trinajstić information content (AvgIpc) is 2.17. The summed E-state index contributed by atoms with van der Waals surface area (Å²) in [4.78, 5) is 11.4. The van der Waals surface area contributed by atoms with Gasteiger partial charge in [-0.05, 0) is 48.9 Å². The van der Waals surface area contributed by atoms with Gasteiger partial charge in [0.2, 0.25) is 10.6 Å². The lowest BCUT2D eigenvalue weighted by molar-refractivity contribution is 0.141. The van der Waals surface area contributed by atoms with Crippen LogP contribution < -0.4 is 4.74 Å². The van der Waals surface area contributed by atoms with Gasteiger partial charge in [0.1, 0.15) is 6.10 Å². The maximum atomic E-state index is 5.64. The van der Waals surface area contributed by atoms with Crippen molar-refractivity contribution in [3.8, 4) is 6.01 Å². The topological polar surface area (TPSA) is 47.9 Å². The van der Waals surface area contributed by atoms with Gasteiger partial charge in [0.15, 0.2) is 0 Å². The normalized spacial score (nSPS) is 17.7. The van der Waals surface area contributed by atoms with Crippen LogP contribution in [0.2, 0.25) is 10.6 Å². The molecule has 1 saturated carbocycles. The second-order valence-corrected chi connectivity index (χ2v) is 4.21. The van der Waals surface area contributed by atoms with Crippen molar-refractivity contribution in [2.45, 2.75) is 38.2 Å². The quantitative estimate of drug-likeness (QED) is 0.807. The predicted octanol–water partition coefficient (Wildman–Crippen LogP) is 2.89. The minimum absolute atomic E-state index is 0.0702. The first-order valence-electron chi connectivity index (χ1n) is 4.98. The van der Waals surface area contributed by atoms with Crippen LogP contribution in [-0.2, 0) is 0 Å². The second kappa shape index (κ2) is 4.94. The van der Waals surface area contributed by atoms with Gasteiger partial charge in [-0.25, -0.2) is 0 Å². The summed E-state index contributed by atoms with van der Waals surface area (Å²) >= 11 is 11.3. The Labute approximate surface area is 98.0 Å². The maximum Gasteiger partial charge on any atom is 0.322 e. The minimum Gasteiger partial charge on any atom is -0.460 e. The lowest BCUT2D eigenvalue weighted by Gasteiger charge is -2.21. The number of aromatic nitrogens is 3. The molecule has 0 unspecified atom stereocenters. The lowest BCUT2D eigenvalue weighted by Crippen LogP contribution is -2.20. The summed E-state index contributed by atoms with van der Waals surface area (Å²) in [5.41, 5.74) is 0. The summed E-state index contributed by atoms with van der Waals surface area (Å²) in [5, 5.41) is 0.140. The number of rotatable bonds is 2. The molecule has 0 amide bonds.